The molecule has 0 aromatic rings. The van der Waals surface area contributed by atoms with Gasteiger partial charge in [-0.2, -0.15) is 0 Å². The van der Waals surface area contributed by atoms with E-state index in [0.717, 1.165) is 11.1 Å². The fraction of sp³-hybridized carbons (Fsp3) is 1.00. The summed E-state index contributed by atoms with van der Waals surface area (Å²) in [5.74, 6) is 0. The first-order valence-corrected chi connectivity index (χ1v) is 16.1. The summed E-state index contributed by atoms with van der Waals surface area (Å²) in [5.41, 5.74) is 2.12. The molecule has 4 fully saturated rings. The van der Waals surface area contributed by atoms with Gasteiger partial charge in [-0.15, -0.1) is 0 Å². The van der Waals surface area contributed by atoms with Gasteiger partial charge in [0, 0.05) is 12.6 Å². The van der Waals surface area contributed by atoms with Gasteiger partial charge in [-0.05, 0) is 41.2 Å². The van der Waals surface area contributed by atoms with E-state index in [1.54, 1.807) is 0 Å². The van der Waals surface area contributed by atoms with Crippen LogP contribution in [-0.2, 0) is 4.52 Å². The number of halogens is 1. The molecule has 144 valence electrons. The Morgan fingerprint density at radius 3 is 2.04 bits per heavy atom. The maximum Gasteiger partial charge on any atom is 0.207 e. The topological polar surface area (TPSA) is 12.5 Å². The van der Waals surface area contributed by atoms with Gasteiger partial charge in [-0.1, -0.05) is 77.2 Å². The van der Waals surface area contributed by atoms with E-state index in [0.29, 0.717) is 12.1 Å². The maximum absolute atomic E-state index is 6.66. The van der Waals surface area contributed by atoms with E-state index in [4.69, 9.17) is 15.8 Å². The Hall–Kier alpha value is 0.857. The van der Waals surface area contributed by atoms with E-state index >= 15 is 0 Å². The van der Waals surface area contributed by atoms with Gasteiger partial charge in [0.15, 0.2) is 0 Å². The molecule has 4 aliphatic rings. The fourth-order valence-electron chi connectivity index (χ4n) is 6.56. The van der Waals surface area contributed by atoms with E-state index in [9.17, 15) is 0 Å². The molecule has 2 aliphatic carbocycles. The van der Waals surface area contributed by atoms with E-state index in [1.807, 2.05) is 0 Å². The molecule has 2 heterocycles. The lowest BCUT2D eigenvalue weighted by molar-refractivity contribution is 0.181. The molecule has 4 rings (SSSR count). The van der Waals surface area contributed by atoms with Crippen molar-refractivity contribution < 1.29 is 4.52 Å². The zero-order chi connectivity index (χ0) is 17.3. The summed E-state index contributed by atoms with van der Waals surface area (Å²) in [6.45, 7) is 3.98. The van der Waals surface area contributed by atoms with Crippen molar-refractivity contribution in [2.75, 3.05) is 6.54 Å². The Balaban J connectivity index is 1.53. The van der Waals surface area contributed by atoms with Crippen LogP contribution in [0.5, 0.6) is 0 Å². The molecule has 2 nitrogen and oxygen atoms in total. The molecule has 2 saturated heterocycles. The van der Waals surface area contributed by atoms with Crippen LogP contribution in [0.4, 0.5) is 0 Å². The molecule has 0 bridgehead atoms. The van der Waals surface area contributed by atoms with Crippen LogP contribution in [0.25, 0.3) is 0 Å². The molecule has 0 amide bonds. The second-order valence-corrected chi connectivity index (χ2v) is 16.6. The molecule has 0 aromatic carbocycles. The minimum atomic E-state index is -1.32. The molecule has 2 aliphatic heterocycles. The summed E-state index contributed by atoms with van der Waals surface area (Å²) in [6.07, 6.45) is 19.5. The number of rotatable bonds is 4. The predicted octanol–water partition coefficient (Wildman–Crippen LogP) is 7.45. The van der Waals surface area contributed by atoms with Gasteiger partial charge < -0.3 is 4.52 Å². The molecule has 1 unspecified atom stereocenters. The van der Waals surface area contributed by atoms with Crippen LogP contribution >= 0.6 is 18.9 Å². The van der Waals surface area contributed by atoms with Crippen molar-refractivity contribution in [2.24, 2.45) is 0 Å². The first-order valence-electron chi connectivity index (χ1n) is 11.1. The van der Waals surface area contributed by atoms with Crippen LogP contribution in [0.15, 0.2) is 0 Å². The highest BCUT2D eigenvalue weighted by Gasteiger charge is 2.50. The third-order valence-electron chi connectivity index (χ3n) is 8.09. The van der Waals surface area contributed by atoms with Gasteiger partial charge in [0.2, 0.25) is 7.65 Å². The van der Waals surface area contributed by atoms with Crippen LogP contribution in [-0.4, -0.2) is 31.4 Å². The quantitative estimate of drug-likeness (QED) is 0.358. The molecule has 3 atom stereocenters. The number of piperidine rings is 1. The SMILES string of the molecule is C[Si](C[C@@H]1OP(Cl)N2CCCC[C@@H]12)(C1CCCCC1)C1CCCCC1. The highest BCUT2D eigenvalue weighted by atomic mass is 35.7. The van der Waals surface area contributed by atoms with Gasteiger partial charge in [0.05, 0.1) is 14.2 Å². The molecular weight excluding hydrogens is 365 g/mol. The Bertz CT molecular complexity index is 423. The summed E-state index contributed by atoms with van der Waals surface area (Å²) in [7, 11) is -2.14. The Kier molecular flexibility index (Phi) is 6.50. The fourth-order valence-corrected chi connectivity index (χ4v) is 14.9. The Morgan fingerprint density at radius 1 is 0.880 bits per heavy atom. The molecular formula is C20H37ClNOPSi. The van der Waals surface area contributed by atoms with Gasteiger partial charge in [-0.3, -0.25) is 0 Å². The Labute approximate surface area is 162 Å². The third kappa shape index (κ3) is 4.02. The van der Waals surface area contributed by atoms with Gasteiger partial charge in [0.25, 0.3) is 0 Å². The van der Waals surface area contributed by atoms with Crippen molar-refractivity contribution in [3.63, 3.8) is 0 Å². The smallest absolute Gasteiger partial charge is 0.207 e. The highest BCUT2D eigenvalue weighted by molar-refractivity contribution is 7.78. The second kappa shape index (κ2) is 8.48. The zero-order valence-electron chi connectivity index (χ0n) is 16.1. The molecule has 0 spiro atoms. The van der Waals surface area contributed by atoms with Crippen molar-refractivity contribution >= 4 is 27.0 Å². The Morgan fingerprint density at radius 2 is 1.44 bits per heavy atom. The lowest BCUT2D eigenvalue weighted by atomic mass is 9.99. The van der Waals surface area contributed by atoms with Gasteiger partial charge >= 0.3 is 0 Å². The van der Waals surface area contributed by atoms with Crippen LogP contribution in [0.2, 0.25) is 23.7 Å². The monoisotopic (exact) mass is 401 g/mol. The third-order valence-corrected chi connectivity index (χ3v) is 16.4. The van der Waals surface area contributed by atoms with Crippen molar-refractivity contribution in [1.82, 2.24) is 4.67 Å². The summed E-state index contributed by atoms with van der Waals surface area (Å²) >= 11 is 6.66. The van der Waals surface area contributed by atoms with Gasteiger partial charge in [0.1, 0.15) is 0 Å². The van der Waals surface area contributed by atoms with Crippen molar-refractivity contribution in [3.05, 3.63) is 0 Å². The number of hydrogen-bond acceptors (Lipinski definition) is 2. The van der Waals surface area contributed by atoms with Crippen LogP contribution < -0.4 is 0 Å². The minimum Gasteiger partial charge on any atom is -0.327 e. The normalized spacial score (nSPS) is 36.5. The standard InChI is InChI=1S/C20H37ClNOPSi/c1-25(17-10-4-2-5-11-17,18-12-6-3-7-13-18)16-20-19-14-8-9-15-22(19)24(21)23-20/h17-20H,2-16H2,1H3/t19-,20-,24?/m0/s1. The van der Waals surface area contributed by atoms with E-state index in [1.165, 1.54) is 96.1 Å². The minimum absolute atomic E-state index is 0.462. The number of nitrogens with zero attached hydrogens (tertiary/aromatic N) is 1. The lowest BCUT2D eigenvalue weighted by Crippen LogP contribution is -2.49. The molecule has 0 radical (unpaired) electrons. The van der Waals surface area contributed by atoms with E-state index in [2.05, 4.69) is 11.2 Å². The van der Waals surface area contributed by atoms with Crippen LogP contribution in [0, 0.1) is 0 Å². The summed E-state index contributed by atoms with van der Waals surface area (Å²) in [4.78, 5) is 0. The highest BCUT2D eigenvalue weighted by Crippen LogP contribution is 2.60. The predicted molar refractivity (Wildman–Crippen MR) is 112 cm³/mol. The second-order valence-electron chi connectivity index (χ2n) is 9.48. The average Bonchev–Trinajstić information content (AvgIpc) is 2.99. The van der Waals surface area contributed by atoms with Crippen molar-refractivity contribution in [3.8, 4) is 0 Å². The number of hydrogen-bond donors (Lipinski definition) is 0. The molecule has 5 heteroatoms. The molecule has 25 heavy (non-hydrogen) atoms. The van der Waals surface area contributed by atoms with Crippen LogP contribution in [0.3, 0.4) is 0 Å². The first kappa shape index (κ1) is 19.2. The summed E-state index contributed by atoms with van der Waals surface area (Å²) in [6, 6.07) is 2.06. The van der Waals surface area contributed by atoms with E-state index in [-0.39, 0.29) is 0 Å². The summed E-state index contributed by atoms with van der Waals surface area (Å²) in [5, 5.41) is 0. The maximum atomic E-state index is 6.66. The largest absolute Gasteiger partial charge is 0.327 e. The average molecular weight is 402 g/mol. The number of fused-ring (bicyclic) bond motifs is 1. The molecule has 2 saturated carbocycles. The van der Waals surface area contributed by atoms with Crippen molar-refractivity contribution in [2.45, 2.75) is 119 Å². The van der Waals surface area contributed by atoms with Gasteiger partial charge in [-0.25, -0.2) is 4.67 Å². The first-order chi connectivity index (χ1) is 12.2. The van der Waals surface area contributed by atoms with E-state index < -0.39 is 15.7 Å². The zero-order valence-corrected chi connectivity index (χ0v) is 18.7. The summed E-state index contributed by atoms with van der Waals surface area (Å²) < 4.78 is 9.02. The molecule has 0 N–H and O–H groups in total. The van der Waals surface area contributed by atoms with Crippen LogP contribution in [0.1, 0.15) is 83.5 Å². The molecule has 0 aromatic heterocycles. The van der Waals surface area contributed by atoms with Crippen molar-refractivity contribution in [1.29, 1.82) is 0 Å². The lowest BCUT2D eigenvalue weighted by Gasteiger charge is -2.47.